The molecule has 1 aromatic carbocycles. The Kier molecular flexibility index (Phi) is 5.78. The van der Waals surface area contributed by atoms with E-state index in [0.29, 0.717) is 22.9 Å². The van der Waals surface area contributed by atoms with Crippen LogP contribution in [-0.2, 0) is 24.2 Å². The lowest BCUT2D eigenvalue weighted by atomic mass is 10.1. The van der Waals surface area contributed by atoms with Crippen molar-refractivity contribution >= 4 is 44.9 Å². The minimum Gasteiger partial charge on any atom is -0.459 e. The van der Waals surface area contributed by atoms with Crippen LogP contribution >= 0.6 is 11.3 Å². The van der Waals surface area contributed by atoms with Crippen molar-refractivity contribution in [1.29, 1.82) is 0 Å². The van der Waals surface area contributed by atoms with Crippen molar-refractivity contribution in [3.05, 3.63) is 70.3 Å². The van der Waals surface area contributed by atoms with Gasteiger partial charge in [0.25, 0.3) is 5.91 Å². The van der Waals surface area contributed by atoms with Crippen molar-refractivity contribution in [1.82, 2.24) is 9.97 Å². The number of esters is 1. The molecule has 0 unspecified atom stereocenters. The maximum atomic E-state index is 12.5. The van der Waals surface area contributed by atoms with Crippen LogP contribution in [0.3, 0.4) is 0 Å². The van der Waals surface area contributed by atoms with Crippen LogP contribution in [0.1, 0.15) is 56.4 Å². The number of thiophene rings is 1. The average molecular weight is 463 g/mol. The van der Waals surface area contributed by atoms with Gasteiger partial charge in [-0.15, -0.1) is 11.3 Å². The Morgan fingerprint density at radius 2 is 1.91 bits per heavy atom. The largest absolute Gasteiger partial charge is 0.459 e. The van der Waals surface area contributed by atoms with Gasteiger partial charge >= 0.3 is 5.97 Å². The molecule has 1 aliphatic rings. The normalized spacial score (nSPS) is 13.3. The number of nitrogens with one attached hydrogen (secondary N) is 1. The van der Waals surface area contributed by atoms with Gasteiger partial charge in [-0.2, -0.15) is 0 Å². The van der Waals surface area contributed by atoms with Crippen LogP contribution in [0.4, 0.5) is 11.5 Å². The molecule has 3 heterocycles. The number of ether oxygens (including phenoxy) is 1. The second kappa shape index (κ2) is 9.03. The third-order valence-electron chi connectivity index (χ3n) is 5.59. The number of amides is 1. The molecular weight excluding hydrogens is 440 g/mol. The first-order valence-corrected chi connectivity index (χ1v) is 11.6. The van der Waals surface area contributed by atoms with E-state index in [0.717, 1.165) is 29.5 Å². The van der Waals surface area contributed by atoms with Crippen LogP contribution in [-0.4, -0.2) is 21.8 Å². The van der Waals surface area contributed by atoms with Gasteiger partial charge in [0.15, 0.2) is 18.2 Å². The summed E-state index contributed by atoms with van der Waals surface area (Å²) in [4.78, 5) is 35.7. The Bertz CT molecular complexity index is 1310. The van der Waals surface area contributed by atoms with Crippen molar-refractivity contribution < 1.29 is 18.7 Å². The topological polar surface area (TPSA) is 120 Å². The number of hydrogen-bond acceptors (Lipinski definition) is 8. The van der Waals surface area contributed by atoms with Crippen LogP contribution in [0, 0.1) is 0 Å². The Morgan fingerprint density at radius 3 is 2.70 bits per heavy atom. The fraction of sp³-hybridized carbons (Fsp3) is 0.250. The molecule has 0 saturated carbocycles. The Labute approximate surface area is 193 Å². The molecule has 3 N–H and O–H groups in total. The number of fused-ring (bicyclic) bond motifs is 3. The van der Waals surface area contributed by atoms with E-state index in [1.54, 1.807) is 47.7 Å². The van der Waals surface area contributed by atoms with Crippen LogP contribution in [0.2, 0.25) is 0 Å². The molecule has 1 amide bonds. The first-order valence-electron chi connectivity index (χ1n) is 10.8. The second-order valence-corrected chi connectivity index (χ2v) is 8.94. The van der Waals surface area contributed by atoms with Gasteiger partial charge in [0.2, 0.25) is 0 Å². The number of nitrogen functional groups attached to an aromatic ring is 1. The van der Waals surface area contributed by atoms with E-state index in [9.17, 15) is 9.59 Å². The molecule has 0 atom stereocenters. The van der Waals surface area contributed by atoms with Gasteiger partial charge in [-0.25, -0.2) is 14.8 Å². The first kappa shape index (κ1) is 21.1. The number of nitrogens with zero attached hydrogens (tertiary/aromatic N) is 2. The fourth-order valence-corrected chi connectivity index (χ4v) is 5.26. The molecule has 0 aliphatic heterocycles. The third-order valence-corrected chi connectivity index (χ3v) is 6.78. The number of anilines is 2. The molecule has 9 heteroatoms. The minimum absolute atomic E-state index is 0.0709. The standard InChI is InChI=1S/C24H22N4O4S/c25-21-20-16-5-2-1-3-7-18(16)33-23(20)28-19(27-21)13-32-24(30)14-8-10-15(11-9-14)26-22(29)17-6-4-12-31-17/h4,6,8-12H,1-3,5,7,13H2,(H,26,29)(H2,25,27,28). The summed E-state index contributed by atoms with van der Waals surface area (Å²) in [6, 6.07) is 9.61. The van der Waals surface area contributed by atoms with Crippen LogP contribution < -0.4 is 11.1 Å². The highest BCUT2D eigenvalue weighted by Gasteiger charge is 2.20. The number of aromatic nitrogens is 2. The van der Waals surface area contributed by atoms with E-state index in [1.165, 1.54) is 29.5 Å². The van der Waals surface area contributed by atoms with Crippen molar-refractivity contribution in [3.63, 3.8) is 0 Å². The van der Waals surface area contributed by atoms with Crippen molar-refractivity contribution in [2.24, 2.45) is 0 Å². The van der Waals surface area contributed by atoms with Gasteiger partial charge in [0.1, 0.15) is 10.6 Å². The van der Waals surface area contributed by atoms with E-state index in [4.69, 9.17) is 14.9 Å². The predicted molar refractivity (Wildman–Crippen MR) is 125 cm³/mol. The molecule has 33 heavy (non-hydrogen) atoms. The van der Waals surface area contributed by atoms with Gasteiger partial charge < -0.3 is 20.2 Å². The zero-order chi connectivity index (χ0) is 22.8. The molecular formula is C24H22N4O4S. The van der Waals surface area contributed by atoms with Crippen LogP contribution in [0.5, 0.6) is 0 Å². The van der Waals surface area contributed by atoms with E-state index < -0.39 is 5.97 Å². The maximum absolute atomic E-state index is 12.5. The van der Waals surface area contributed by atoms with Gasteiger partial charge in [-0.1, -0.05) is 6.42 Å². The number of furan rings is 1. The van der Waals surface area contributed by atoms with E-state index in [-0.39, 0.29) is 18.3 Å². The highest BCUT2D eigenvalue weighted by molar-refractivity contribution is 7.19. The number of carbonyl (C=O) groups is 2. The summed E-state index contributed by atoms with van der Waals surface area (Å²) in [6.45, 7) is -0.0709. The van der Waals surface area contributed by atoms with E-state index in [1.807, 2.05) is 0 Å². The molecule has 0 bridgehead atoms. The first-order chi connectivity index (χ1) is 16.1. The number of nitrogens with two attached hydrogens (primary N) is 1. The zero-order valence-electron chi connectivity index (χ0n) is 17.8. The molecule has 4 aromatic rings. The van der Waals surface area contributed by atoms with Crippen molar-refractivity contribution in [2.45, 2.75) is 38.7 Å². The lowest BCUT2D eigenvalue weighted by Gasteiger charge is -2.07. The van der Waals surface area contributed by atoms with E-state index >= 15 is 0 Å². The van der Waals surface area contributed by atoms with Crippen molar-refractivity contribution in [2.75, 3.05) is 11.1 Å². The summed E-state index contributed by atoms with van der Waals surface area (Å²) in [5.74, 6) is 0.153. The monoisotopic (exact) mass is 462 g/mol. The van der Waals surface area contributed by atoms with Crippen LogP contribution in [0.25, 0.3) is 10.2 Å². The lowest BCUT2D eigenvalue weighted by molar-refractivity contribution is 0.0462. The highest BCUT2D eigenvalue weighted by atomic mass is 32.1. The molecule has 0 saturated heterocycles. The third kappa shape index (κ3) is 4.45. The lowest BCUT2D eigenvalue weighted by Crippen LogP contribution is -2.11. The Hall–Kier alpha value is -3.72. The summed E-state index contributed by atoms with van der Waals surface area (Å²) < 4.78 is 10.5. The summed E-state index contributed by atoms with van der Waals surface area (Å²) in [5.41, 5.74) is 8.43. The highest BCUT2D eigenvalue weighted by Crippen LogP contribution is 2.37. The Balaban J connectivity index is 1.24. The Morgan fingerprint density at radius 1 is 1.09 bits per heavy atom. The average Bonchev–Trinajstić information content (AvgIpc) is 3.41. The molecule has 0 radical (unpaired) electrons. The number of rotatable bonds is 5. The quantitative estimate of drug-likeness (QED) is 0.324. The second-order valence-electron chi connectivity index (χ2n) is 7.85. The summed E-state index contributed by atoms with van der Waals surface area (Å²) in [7, 11) is 0. The molecule has 1 aliphatic carbocycles. The summed E-state index contributed by atoms with van der Waals surface area (Å²) in [6.07, 6.45) is 7.06. The number of carbonyl (C=O) groups excluding carboxylic acids is 2. The minimum atomic E-state index is -0.511. The summed E-state index contributed by atoms with van der Waals surface area (Å²) in [5, 5.41) is 3.66. The molecule has 8 nitrogen and oxygen atoms in total. The molecule has 168 valence electrons. The zero-order valence-corrected chi connectivity index (χ0v) is 18.6. The van der Waals surface area contributed by atoms with Gasteiger partial charge in [-0.3, -0.25) is 4.79 Å². The number of hydrogen-bond donors (Lipinski definition) is 2. The van der Waals surface area contributed by atoms with E-state index in [2.05, 4.69) is 15.3 Å². The van der Waals surface area contributed by atoms with Gasteiger partial charge in [0.05, 0.1) is 17.2 Å². The SMILES string of the molecule is Nc1nc(COC(=O)c2ccc(NC(=O)c3ccco3)cc2)nc2sc3c(c12)CCCCC3. The van der Waals surface area contributed by atoms with Crippen molar-refractivity contribution in [3.8, 4) is 0 Å². The maximum Gasteiger partial charge on any atom is 0.338 e. The fourth-order valence-electron chi connectivity index (χ4n) is 3.98. The van der Waals surface area contributed by atoms with Gasteiger partial charge in [0, 0.05) is 10.6 Å². The number of aryl methyl sites for hydroxylation is 2. The predicted octanol–water partition coefficient (Wildman–Crippen LogP) is 4.74. The van der Waals surface area contributed by atoms with Crippen LogP contribution in [0.15, 0.2) is 47.1 Å². The summed E-state index contributed by atoms with van der Waals surface area (Å²) >= 11 is 1.66. The molecule has 0 fully saturated rings. The smallest absolute Gasteiger partial charge is 0.338 e. The number of benzene rings is 1. The molecule has 3 aromatic heterocycles. The van der Waals surface area contributed by atoms with Gasteiger partial charge in [-0.05, 0) is 67.6 Å². The molecule has 5 rings (SSSR count). The molecule has 0 spiro atoms.